The van der Waals surface area contributed by atoms with Crippen LogP contribution in [0.25, 0.3) is 12.2 Å². The molecule has 37 heavy (non-hydrogen) atoms. The molecule has 0 radical (unpaired) electrons. The average Bonchev–Trinajstić information content (AvgIpc) is 2.99. The first kappa shape index (κ1) is 24.7. The fraction of sp³-hybridized carbons (Fsp3) is 0.0370. The van der Waals surface area contributed by atoms with E-state index in [2.05, 4.69) is 8.37 Å². The summed E-state index contributed by atoms with van der Waals surface area (Å²) in [5.41, 5.74) is 3.91. The van der Waals surface area contributed by atoms with E-state index in [9.17, 15) is 24.6 Å². The summed E-state index contributed by atoms with van der Waals surface area (Å²) >= 11 is 0. The minimum absolute atomic E-state index is 0.202. The second kappa shape index (κ2) is 9.13. The minimum Gasteiger partial charge on any atom is -0.358 e. The third-order valence-corrected chi connectivity index (χ3v) is 6.92. The first-order valence-electron chi connectivity index (χ1n) is 10.9. The van der Waals surface area contributed by atoms with Gasteiger partial charge in [-0.3, -0.25) is 0 Å². The Morgan fingerprint density at radius 2 is 0.865 bits per heavy atom. The molecule has 10 heteroatoms. The van der Waals surface area contributed by atoms with E-state index in [0.29, 0.717) is 11.1 Å². The van der Waals surface area contributed by atoms with Gasteiger partial charge in [0.2, 0.25) is 0 Å². The summed E-state index contributed by atoms with van der Waals surface area (Å²) in [7, 11) is -10.4. The Morgan fingerprint density at radius 3 is 1.22 bits per heavy atom. The van der Waals surface area contributed by atoms with Crippen molar-refractivity contribution >= 4 is 33.2 Å². The maximum Gasteiger partial charge on any atom is 0.488 e. The molecule has 6 nitrogen and oxygen atoms in total. The average molecular weight is 541 g/mol. The van der Waals surface area contributed by atoms with E-state index in [1.165, 1.54) is 24.3 Å². The zero-order valence-corrected chi connectivity index (χ0v) is 20.5. The van der Waals surface area contributed by atoms with Gasteiger partial charge in [0.05, 0.1) is 5.41 Å². The summed E-state index contributed by atoms with van der Waals surface area (Å²) < 4.78 is 79.0. The number of hydrogen-bond acceptors (Lipinski definition) is 6. The van der Waals surface area contributed by atoms with E-state index in [0.717, 1.165) is 22.3 Å². The van der Waals surface area contributed by atoms with Gasteiger partial charge in [0.25, 0.3) is 0 Å². The smallest absolute Gasteiger partial charge is 0.358 e. The van der Waals surface area contributed by atoms with Crippen molar-refractivity contribution in [2.75, 3.05) is 0 Å². The highest BCUT2D eigenvalue weighted by Crippen LogP contribution is 2.50. The van der Waals surface area contributed by atoms with E-state index in [-0.39, 0.29) is 11.5 Å². The lowest BCUT2D eigenvalue weighted by Gasteiger charge is -2.38. The van der Waals surface area contributed by atoms with Crippen molar-refractivity contribution in [1.82, 2.24) is 0 Å². The van der Waals surface area contributed by atoms with Crippen molar-refractivity contribution < 1.29 is 33.0 Å². The monoisotopic (exact) mass is 540 g/mol. The van der Waals surface area contributed by atoms with Gasteiger partial charge in [0.15, 0.2) is 0 Å². The molecule has 0 bridgehead atoms. The topological polar surface area (TPSA) is 86.7 Å². The summed E-state index contributed by atoms with van der Waals surface area (Å²) in [5.74, 6) is -0.404. The lowest BCUT2D eigenvalue weighted by atomic mass is 9.63. The molecule has 0 saturated heterocycles. The van der Waals surface area contributed by atoms with Crippen LogP contribution in [0.1, 0.15) is 33.4 Å². The van der Waals surface area contributed by atoms with E-state index in [1.807, 2.05) is 60.7 Å². The standard InChI is InChI=1S/C27H18F2O6S2/c28-36(30,31)34-23-15-11-21(12-16-23)27(22-13-17-24(18-14-22)35-37(29,32)33)25-7-3-1-5-19(25)9-10-20-6-2-4-8-26(20)27/h1-18H. The van der Waals surface area contributed by atoms with Crippen molar-refractivity contribution in [2.45, 2.75) is 5.41 Å². The molecule has 0 N–H and O–H groups in total. The molecule has 0 saturated carbocycles. The number of fused-ring (bicyclic) bond motifs is 2. The highest BCUT2D eigenvalue weighted by molar-refractivity contribution is 7.82. The Kier molecular flexibility index (Phi) is 6.09. The lowest BCUT2D eigenvalue weighted by molar-refractivity contribution is 0.438. The van der Waals surface area contributed by atoms with Crippen LogP contribution < -0.4 is 8.37 Å². The maximum absolute atomic E-state index is 13.1. The highest BCUT2D eigenvalue weighted by atomic mass is 32.3. The molecule has 4 aromatic carbocycles. The van der Waals surface area contributed by atoms with Crippen LogP contribution in [0.15, 0.2) is 97.1 Å². The van der Waals surface area contributed by atoms with Gasteiger partial charge in [0, 0.05) is 0 Å². The third kappa shape index (κ3) is 4.85. The lowest BCUT2D eigenvalue weighted by Crippen LogP contribution is -2.32. The second-order valence-electron chi connectivity index (χ2n) is 8.26. The molecule has 0 aromatic heterocycles. The van der Waals surface area contributed by atoms with E-state index in [4.69, 9.17) is 0 Å². The summed E-state index contributed by atoms with van der Waals surface area (Å²) in [6, 6.07) is 27.3. The fourth-order valence-electron chi connectivity index (χ4n) is 4.83. The first-order chi connectivity index (χ1) is 17.6. The molecule has 0 spiro atoms. The summed E-state index contributed by atoms with van der Waals surface area (Å²) in [4.78, 5) is 0. The molecule has 0 heterocycles. The Balaban J connectivity index is 1.81. The summed E-state index contributed by atoms with van der Waals surface area (Å²) in [6.07, 6.45) is 3.96. The molecule has 1 aliphatic carbocycles. The van der Waals surface area contributed by atoms with Crippen LogP contribution in [-0.2, 0) is 26.4 Å². The van der Waals surface area contributed by atoms with E-state index < -0.39 is 26.4 Å². The van der Waals surface area contributed by atoms with Crippen molar-refractivity contribution in [3.05, 3.63) is 130 Å². The molecule has 0 fully saturated rings. The van der Waals surface area contributed by atoms with Crippen LogP contribution in [0.3, 0.4) is 0 Å². The normalized spacial score (nSPS) is 14.2. The van der Waals surface area contributed by atoms with Gasteiger partial charge in [-0.25, -0.2) is 0 Å². The Hall–Kier alpha value is -4.02. The van der Waals surface area contributed by atoms with Gasteiger partial charge in [-0.1, -0.05) is 92.7 Å². The number of rotatable bonds is 6. The van der Waals surface area contributed by atoms with Crippen LogP contribution in [0.5, 0.6) is 11.5 Å². The van der Waals surface area contributed by atoms with Crippen molar-refractivity contribution in [3.8, 4) is 11.5 Å². The molecule has 188 valence electrons. The zero-order chi connectivity index (χ0) is 26.3. The molecule has 0 amide bonds. The van der Waals surface area contributed by atoms with Crippen LogP contribution >= 0.6 is 0 Å². The van der Waals surface area contributed by atoms with Gasteiger partial charge < -0.3 is 8.37 Å². The Bertz CT molecular complexity index is 1580. The molecule has 0 aliphatic heterocycles. The zero-order valence-electron chi connectivity index (χ0n) is 18.9. The molecular weight excluding hydrogens is 522 g/mol. The molecule has 0 atom stereocenters. The second-order valence-corrected chi connectivity index (χ2v) is 10.2. The van der Waals surface area contributed by atoms with Crippen LogP contribution in [0.4, 0.5) is 7.77 Å². The van der Waals surface area contributed by atoms with E-state index in [1.54, 1.807) is 24.3 Å². The van der Waals surface area contributed by atoms with Crippen LogP contribution in [0.2, 0.25) is 0 Å². The number of hydrogen-bond donors (Lipinski definition) is 0. The quantitative estimate of drug-likeness (QED) is 0.255. The molecule has 5 rings (SSSR count). The highest BCUT2D eigenvalue weighted by Gasteiger charge is 2.41. The van der Waals surface area contributed by atoms with Gasteiger partial charge in [-0.2, -0.15) is 16.8 Å². The Labute approximate surface area is 213 Å². The summed E-state index contributed by atoms with van der Waals surface area (Å²) in [6.45, 7) is 0. The van der Waals surface area contributed by atoms with Crippen LogP contribution in [0, 0.1) is 0 Å². The van der Waals surface area contributed by atoms with E-state index >= 15 is 0 Å². The van der Waals surface area contributed by atoms with Gasteiger partial charge in [-0.15, -0.1) is 0 Å². The number of benzene rings is 4. The SMILES string of the molecule is O=S(=O)(F)Oc1ccc(C2(c3ccc(OS(=O)(=O)F)cc3)c3ccccc3C=Cc3ccccc32)cc1. The molecule has 4 aromatic rings. The van der Waals surface area contributed by atoms with Crippen molar-refractivity contribution in [2.24, 2.45) is 0 Å². The third-order valence-electron chi connectivity index (χ3n) is 6.14. The van der Waals surface area contributed by atoms with Crippen LogP contribution in [-0.4, -0.2) is 16.8 Å². The first-order valence-corrected chi connectivity index (χ1v) is 13.5. The predicted octanol–water partition coefficient (Wildman–Crippen LogP) is 5.74. The fourth-order valence-corrected chi connectivity index (χ4v) is 5.51. The van der Waals surface area contributed by atoms with Gasteiger partial charge in [0.1, 0.15) is 11.5 Å². The maximum atomic E-state index is 13.1. The van der Waals surface area contributed by atoms with Crippen molar-refractivity contribution in [3.63, 3.8) is 0 Å². The molecular formula is C27H18F2O6S2. The molecule has 1 aliphatic rings. The predicted molar refractivity (Wildman–Crippen MR) is 135 cm³/mol. The van der Waals surface area contributed by atoms with Gasteiger partial charge in [-0.05, 0) is 57.6 Å². The molecule has 0 unspecified atom stereocenters. The number of halogens is 2. The largest absolute Gasteiger partial charge is 0.488 e. The Morgan fingerprint density at radius 1 is 0.514 bits per heavy atom. The summed E-state index contributed by atoms with van der Waals surface area (Å²) in [5, 5.41) is 0. The minimum atomic E-state index is -5.21. The van der Waals surface area contributed by atoms with Gasteiger partial charge >= 0.3 is 21.0 Å². The van der Waals surface area contributed by atoms with Crippen molar-refractivity contribution in [1.29, 1.82) is 0 Å².